The van der Waals surface area contributed by atoms with Crippen LogP contribution in [0.3, 0.4) is 0 Å². The molecule has 130 valence electrons. The average Bonchev–Trinajstić information content (AvgIpc) is 3.24. The van der Waals surface area contributed by atoms with Gasteiger partial charge in [0.25, 0.3) is 5.91 Å². The molecule has 1 aliphatic heterocycles. The molecule has 24 heavy (non-hydrogen) atoms. The largest absolute Gasteiger partial charge is 0.423 e. The van der Waals surface area contributed by atoms with E-state index in [2.05, 4.69) is 10.2 Å². The Morgan fingerprint density at radius 2 is 2.33 bits per heavy atom. The molecule has 8 heteroatoms. The van der Waals surface area contributed by atoms with Crippen molar-refractivity contribution < 1.29 is 18.7 Å². The fourth-order valence-corrected chi connectivity index (χ4v) is 3.45. The summed E-state index contributed by atoms with van der Waals surface area (Å²) >= 11 is 1.42. The van der Waals surface area contributed by atoms with Crippen molar-refractivity contribution >= 4 is 17.2 Å². The van der Waals surface area contributed by atoms with E-state index in [1.54, 1.807) is 12.0 Å². The number of carbonyl (C=O) groups excluding carboxylic acids is 1. The number of thiophene rings is 1. The van der Waals surface area contributed by atoms with Gasteiger partial charge in [0.05, 0.1) is 24.7 Å². The molecule has 0 radical (unpaired) electrons. The number of hydrogen-bond acceptors (Lipinski definition) is 7. The highest BCUT2D eigenvalue weighted by atomic mass is 32.1. The van der Waals surface area contributed by atoms with E-state index in [1.165, 1.54) is 11.3 Å². The molecule has 1 atom stereocenters. The number of nitrogens with zero attached hydrogens (tertiary/aromatic N) is 3. The molecule has 0 aromatic carbocycles. The van der Waals surface area contributed by atoms with Crippen molar-refractivity contribution in [2.75, 3.05) is 26.9 Å². The van der Waals surface area contributed by atoms with Crippen LogP contribution in [0.1, 0.15) is 52.8 Å². The minimum atomic E-state index is -0.358. The van der Waals surface area contributed by atoms with Crippen LogP contribution in [0, 0.1) is 0 Å². The van der Waals surface area contributed by atoms with E-state index in [-0.39, 0.29) is 17.9 Å². The van der Waals surface area contributed by atoms with Crippen molar-refractivity contribution in [3.63, 3.8) is 0 Å². The Hall–Kier alpha value is -1.77. The van der Waals surface area contributed by atoms with Crippen molar-refractivity contribution in [2.24, 2.45) is 0 Å². The molecular formula is C16H21N3O4S. The summed E-state index contributed by atoms with van der Waals surface area (Å²) in [4.78, 5) is 15.5. The SMILES string of the molecule is COCc1ccsc1C(=O)N1CCOC[C@@H]1c1nnc(C(C)C)o1. The Labute approximate surface area is 144 Å². The second-order valence-electron chi connectivity index (χ2n) is 5.93. The molecule has 1 aliphatic rings. The van der Waals surface area contributed by atoms with Gasteiger partial charge < -0.3 is 18.8 Å². The zero-order valence-corrected chi connectivity index (χ0v) is 14.8. The lowest BCUT2D eigenvalue weighted by atomic mass is 10.2. The van der Waals surface area contributed by atoms with Crippen molar-refractivity contribution in [1.82, 2.24) is 15.1 Å². The van der Waals surface area contributed by atoms with Crippen LogP contribution in [0.15, 0.2) is 15.9 Å². The van der Waals surface area contributed by atoms with Crippen LogP contribution in [-0.2, 0) is 16.1 Å². The summed E-state index contributed by atoms with van der Waals surface area (Å²) in [6, 6.07) is 1.56. The van der Waals surface area contributed by atoms with Gasteiger partial charge >= 0.3 is 0 Å². The number of aromatic nitrogens is 2. The first-order valence-electron chi connectivity index (χ1n) is 7.89. The van der Waals surface area contributed by atoms with Gasteiger partial charge in [0.1, 0.15) is 6.04 Å². The molecule has 2 aromatic heterocycles. The van der Waals surface area contributed by atoms with Gasteiger partial charge in [-0.05, 0) is 11.4 Å². The third kappa shape index (κ3) is 3.35. The van der Waals surface area contributed by atoms with E-state index in [4.69, 9.17) is 13.9 Å². The number of carbonyl (C=O) groups is 1. The van der Waals surface area contributed by atoms with Crippen LogP contribution in [0.4, 0.5) is 0 Å². The Morgan fingerprint density at radius 1 is 1.50 bits per heavy atom. The highest BCUT2D eigenvalue weighted by Gasteiger charge is 2.34. The van der Waals surface area contributed by atoms with Crippen LogP contribution in [0.5, 0.6) is 0 Å². The topological polar surface area (TPSA) is 77.7 Å². The average molecular weight is 351 g/mol. The van der Waals surface area contributed by atoms with Crippen LogP contribution in [0.25, 0.3) is 0 Å². The molecule has 0 N–H and O–H groups in total. The van der Waals surface area contributed by atoms with Gasteiger partial charge in [-0.15, -0.1) is 21.5 Å². The van der Waals surface area contributed by atoms with E-state index in [0.29, 0.717) is 43.0 Å². The fraction of sp³-hybridized carbons (Fsp3) is 0.562. The van der Waals surface area contributed by atoms with E-state index in [9.17, 15) is 4.79 Å². The summed E-state index contributed by atoms with van der Waals surface area (Å²) in [5.74, 6) is 1.09. The smallest absolute Gasteiger partial charge is 0.265 e. The maximum absolute atomic E-state index is 13.0. The second kappa shape index (κ2) is 7.42. The quantitative estimate of drug-likeness (QED) is 0.824. The number of rotatable bonds is 5. The van der Waals surface area contributed by atoms with Gasteiger partial charge in [-0.25, -0.2) is 0 Å². The standard InChI is InChI=1S/C16H21N3O4S/c1-10(2)14-17-18-15(23-14)12-9-22-6-5-19(12)16(20)13-11(8-21-3)4-7-24-13/h4,7,10,12H,5-6,8-9H2,1-3H3/t12-/m1/s1. The molecule has 1 fully saturated rings. The Kier molecular flexibility index (Phi) is 5.27. The predicted molar refractivity (Wildman–Crippen MR) is 88.0 cm³/mol. The predicted octanol–water partition coefficient (Wildman–Crippen LogP) is 2.61. The number of methoxy groups -OCH3 is 1. The first-order valence-corrected chi connectivity index (χ1v) is 8.77. The van der Waals surface area contributed by atoms with E-state index < -0.39 is 0 Å². The minimum Gasteiger partial charge on any atom is -0.423 e. The molecule has 0 spiro atoms. The second-order valence-corrected chi connectivity index (χ2v) is 6.85. The van der Waals surface area contributed by atoms with Crippen LogP contribution in [-0.4, -0.2) is 47.9 Å². The van der Waals surface area contributed by atoms with Crippen molar-refractivity contribution in [3.05, 3.63) is 33.7 Å². The Bertz CT molecular complexity index is 697. The zero-order valence-electron chi connectivity index (χ0n) is 14.0. The molecule has 3 heterocycles. The van der Waals surface area contributed by atoms with Gasteiger partial charge in [0.2, 0.25) is 11.8 Å². The van der Waals surface area contributed by atoms with Crippen molar-refractivity contribution in [1.29, 1.82) is 0 Å². The van der Waals surface area contributed by atoms with Crippen LogP contribution >= 0.6 is 11.3 Å². The van der Waals surface area contributed by atoms with Gasteiger partial charge in [0, 0.05) is 25.1 Å². The number of amides is 1. The number of ether oxygens (including phenoxy) is 2. The molecular weight excluding hydrogens is 330 g/mol. The molecule has 0 saturated carbocycles. The molecule has 7 nitrogen and oxygen atoms in total. The summed E-state index contributed by atoms with van der Waals surface area (Å²) in [5, 5.41) is 10.1. The monoisotopic (exact) mass is 351 g/mol. The third-order valence-corrected chi connectivity index (χ3v) is 4.81. The summed E-state index contributed by atoms with van der Waals surface area (Å²) in [5.41, 5.74) is 0.895. The summed E-state index contributed by atoms with van der Waals surface area (Å²) < 4.78 is 16.5. The highest BCUT2D eigenvalue weighted by Crippen LogP contribution is 2.29. The van der Waals surface area contributed by atoms with Gasteiger partial charge in [0.15, 0.2) is 0 Å². The van der Waals surface area contributed by atoms with Crippen molar-refractivity contribution in [2.45, 2.75) is 32.4 Å². The maximum atomic E-state index is 13.0. The lowest BCUT2D eigenvalue weighted by Gasteiger charge is -2.33. The van der Waals surface area contributed by atoms with E-state index >= 15 is 0 Å². The first-order chi connectivity index (χ1) is 11.6. The van der Waals surface area contributed by atoms with E-state index in [1.807, 2.05) is 25.3 Å². The molecule has 2 aromatic rings. The Morgan fingerprint density at radius 3 is 3.04 bits per heavy atom. The zero-order chi connectivity index (χ0) is 17.1. The lowest BCUT2D eigenvalue weighted by Crippen LogP contribution is -2.43. The van der Waals surface area contributed by atoms with Gasteiger partial charge in [-0.3, -0.25) is 4.79 Å². The van der Waals surface area contributed by atoms with Gasteiger partial charge in [-0.2, -0.15) is 0 Å². The van der Waals surface area contributed by atoms with Crippen molar-refractivity contribution in [3.8, 4) is 0 Å². The highest BCUT2D eigenvalue weighted by molar-refractivity contribution is 7.12. The number of hydrogen-bond donors (Lipinski definition) is 0. The molecule has 0 bridgehead atoms. The summed E-state index contributed by atoms with van der Waals surface area (Å²) in [7, 11) is 1.62. The first kappa shape index (κ1) is 17.1. The maximum Gasteiger partial charge on any atom is 0.265 e. The third-order valence-electron chi connectivity index (χ3n) is 3.87. The van der Waals surface area contributed by atoms with Gasteiger partial charge in [-0.1, -0.05) is 13.8 Å². The molecule has 1 saturated heterocycles. The van der Waals surface area contributed by atoms with E-state index in [0.717, 1.165) is 5.56 Å². The fourth-order valence-electron chi connectivity index (χ4n) is 2.59. The summed E-state index contributed by atoms with van der Waals surface area (Å²) in [6.07, 6.45) is 0. The summed E-state index contributed by atoms with van der Waals surface area (Å²) in [6.45, 7) is 5.74. The normalized spacial score (nSPS) is 18.3. The minimum absolute atomic E-state index is 0.0466. The van der Waals surface area contributed by atoms with Crippen LogP contribution < -0.4 is 0 Å². The Balaban J connectivity index is 1.85. The molecule has 0 unspecified atom stereocenters. The molecule has 1 amide bonds. The lowest BCUT2D eigenvalue weighted by molar-refractivity contribution is -0.0106. The molecule has 0 aliphatic carbocycles. The molecule has 3 rings (SSSR count). The van der Waals surface area contributed by atoms with Crippen LogP contribution in [0.2, 0.25) is 0 Å². The number of morpholine rings is 1.